The summed E-state index contributed by atoms with van der Waals surface area (Å²) in [6.07, 6.45) is 2.50. The third-order valence-electron chi connectivity index (χ3n) is 4.37. The number of halogens is 1. The van der Waals surface area contributed by atoms with Crippen molar-refractivity contribution in [1.29, 1.82) is 0 Å². The number of likely N-dealkylation sites (N-methyl/N-ethyl adjacent to an activating group) is 1. The fourth-order valence-electron chi connectivity index (χ4n) is 2.81. The molecule has 1 aromatic rings. The minimum Gasteiger partial charge on any atom is -0.369 e. The zero-order chi connectivity index (χ0) is 14.7. The van der Waals surface area contributed by atoms with Gasteiger partial charge >= 0.3 is 0 Å². The van der Waals surface area contributed by atoms with Gasteiger partial charge in [-0.2, -0.15) is 0 Å². The van der Waals surface area contributed by atoms with Crippen LogP contribution in [0.4, 0.5) is 5.69 Å². The van der Waals surface area contributed by atoms with Gasteiger partial charge in [-0.3, -0.25) is 0 Å². The molecule has 1 aliphatic heterocycles. The minimum absolute atomic E-state index is 0.331. The smallest absolute Gasteiger partial charge is 0.0642 e. The summed E-state index contributed by atoms with van der Waals surface area (Å²) >= 11 is 6.51. The van der Waals surface area contributed by atoms with E-state index in [1.807, 2.05) is 7.05 Å². The summed E-state index contributed by atoms with van der Waals surface area (Å²) in [5, 5.41) is 4.12. The fraction of sp³-hybridized carbons (Fsp3) is 0.625. The molecule has 0 radical (unpaired) electrons. The second-order valence-electron chi connectivity index (χ2n) is 5.93. The maximum absolute atomic E-state index is 6.51. The van der Waals surface area contributed by atoms with Gasteiger partial charge in [0.1, 0.15) is 0 Å². The molecule has 20 heavy (non-hydrogen) atoms. The van der Waals surface area contributed by atoms with Crippen molar-refractivity contribution < 1.29 is 0 Å². The summed E-state index contributed by atoms with van der Waals surface area (Å²) in [4.78, 5) is 4.74. The Balaban J connectivity index is 2.16. The SMILES string of the molecule is CNC(C)c1ccc(N2CCCC(N(C)C)C2)c(Cl)c1. The van der Waals surface area contributed by atoms with Gasteiger partial charge in [-0.05, 0) is 58.6 Å². The summed E-state index contributed by atoms with van der Waals surface area (Å²) in [7, 11) is 6.29. The molecule has 0 saturated carbocycles. The monoisotopic (exact) mass is 295 g/mol. The van der Waals surface area contributed by atoms with Crippen LogP contribution in [0.5, 0.6) is 0 Å². The van der Waals surface area contributed by atoms with Crippen molar-refractivity contribution in [3.05, 3.63) is 28.8 Å². The van der Waals surface area contributed by atoms with Gasteiger partial charge in [0.2, 0.25) is 0 Å². The van der Waals surface area contributed by atoms with Crippen LogP contribution >= 0.6 is 11.6 Å². The lowest BCUT2D eigenvalue weighted by Crippen LogP contribution is -2.45. The summed E-state index contributed by atoms with van der Waals surface area (Å²) < 4.78 is 0. The molecule has 1 saturated heterocycles. The zero-order valence-electron chi connectivity index (χ0n) is 13.0. The minimum atomic E-state index is 0.331. The first-order chi connectivity index (χ1) is 9.52. The summed E-state index contributed by atoms with van der Waals surface area (Å²) in [6.45, 7) is 4.31. The second-order valence-corrected chi connectivity index (χ2v) is 6.33. The average Bonchev–Trinajstić information content (AvgIpc) is 2.46. The predicted octanol–water partition coefficient (Wildman–Crippen LogP) is 3.15. The number of hydrogen-bond donors (Lipinski definition) is 1. The van der Waals surface area contributed by atoms with Crippen LogP contribution in [0.1, 0.15) is 31.4 Å². The Bertz CT molecular complexity index is 447. The van der Waals surface area contributed by atoms with E-state index < -0.39 is 0 Å². The van der Waals surface area contributed by atoms with E-state index >= 15 is 0 Å². The summed E-state index contributed by atoms with van der Waals surface area (Å²) in [5.41, 5.74) is 2.41. The average molecular weight is 296 g/mol. The molecule has 1 N–H and O–H groups in total. The first-order valence-corrected chi connectivity index (χ1v) is 7.78. The van der Waals surface area contributed by atoms with E-state index in [4.69, 9.17) is 11.6 Å². The Morgan fingerprint density at radius 3 is 2.75 bits per heavy atom. The fourth-order valence-corrected chi connectivity index (χ4v) is 3.12. The van der Waals surface area contributed by atoms with Crippen molar-refractivity contribution in [2.24, 2.45) is 0 Å². The molecule has 1 heterocycles. The number of anilines is 1. The van der Waals surface area contributed by atoms with Crippen LogP contribution in [-0.2, 0) is 0 Å². The highest BCUT2D eigenvalue weighted by atomic mass is 35.5. The van der Waals surface area contributed by atoms with Crippen molar-refractivity contribution in [3.63, 3.8) is 0 Å². The Morgan fingerprint density at radius 2 is 2.15 bits per heavy atom. The van der Waals surface area contributed by atoms with Gasteiger partial charge in [0.15, 0.2) is 0 Å². The zero-order valence-corrected chi connectivity index (χ0v) is 13.7. The molecular weight excluding hydrogens is 270 g/mol. The van der Waals surface area contributed by atoms with E-state index in [0.29, 0.717) is 12.1 Å². The quantitative estimate of drug-likeness (QED) is 0.920. The van der Waals surface area contributed by atoms with Crippen molar-refractivity contribution >= 4 is 17.3 Å². The van der Waals surface area contributed by atoms with Gasteiger partial charge in [0, 0.05) is 25.2 Å². The van der Waals surface area contributed by atoms with Gasteiger partial charge in [-0.1, -0.05) is 17.7 Å². The number of rotatable bonds is 4. The molecule has 0 amide bonds. The molecular formula is C16H26ClN3. The Hall–Kier alpha value is -0.770. The molecule has 4 heteroatoms. The lowest BCUT2D eigenvalue weighted by Gasteiger charge is -2.38. The van der Waals surface area contributed by atoms with Crippen LogP contribution in [0.3, 0.4) is 0 Å². The van der Waals surface area contributed by atoms with Crippen molar-refractivity contribution in [2.45, 2.75) is 31.8 Å². The summed E-state index contributed by atoms with van der Waals surface area (Å²) in [6, 6.07) is 7.40. The van der Waals surface area contributed by atoms with Crippen molar-refractivity contribution in [3.8, 4) is 0 Å². The third kappa shape index (κ3) is 3.46. The molecule has 0 bridgehead atoms. The molecule has 0 spiro atoms. The standard InChI is InChI=1S/C16H26ClN3/c1-12(18-2)13-7-8-16(15(17)10-13)20-9-5-6-14(11-20)19(3)4/h7-8,10,12,14,18H,5-6,9,11H2,1-4H3. The van der Waals surface area contributed by atoms with E-state index in [1.165, 1.54) is 24.1 Å². The first-order valence-electron chi connectivity index (χ1n) is 7.41. The van der Waals surface area contributed by atoms with Crippen LogP contribution in [-0.4, -0.2) is 45.2 Å². The Morgan fingerprint density at radius 1 is 1.40 bits per heavy atom. The largest absolute Gasteiger partial charge is 0.369 e. The molecule has 1 fully saturated rings. The number of benzene rings is 1. The van der Waals surface area contributed by atoms with Gasteiger partial charge in [-0.15, -0.1) is 0 Å². The van der Waals surface area contributed by atoms with E-state index in [1.54, 1.807) is 0 Å². The number of nitrogens with zero attached hydrogens (tertiary/aromatic N) is 2. The maximum atomic E-state index is 6.51. The maximum Gasteiger partial charge on any atom is 0.0642 e. The molecule has 3 nitrogen and oxygen atoms in total. The number of piperidine rings is 1. The molecule has 1 aromatic carbocycles. The lowest BCUT2D eigenvalue weighted by atomic mass is 10.0. The molecule has 2 rings (SSSR count). The molecule has 1 aliphatic rings. The second kappa shape index (κ2) is 6.79. The van der Waals surface area contributed by atoms with Crippen LogP contribution in [0.2, 0.25) is 5.02 Å². The highest BCUT2D eigenvalue weighted by Crippen LogP contribution is 2.31. The molecule has 2 atom stereocenters. The van der Waals surface area contributed by atoms with Gasteiger partial charge < -0.3 is 15.1 Å². The van der Waals surface area contributed by atoms with Crippen LogP contribution in [0, 0.1) is 0 Å². The van der Waals surface area contributed by atoms with E-state index in [2.05, 4.69) is 54.3 Å². The van der Waals surface area contributed by atoms with Crippen LogP contribution in [0.15, 0.2) is 18.2 Å². The van der Waals surface area contributed by atoms with E-state index in [-0.39, 0.29) is 0 Å². The van der Waals surface area contributed by atoms with Crippen molar-refractivity contribution in [1.82, 2.24) is 10.2 Å². The predicted molar refractivity (Wildman–Crippen MR) is 87.8 cm³/mol. The third-order valence-corrected chi connectivity index (χ3v) is 4.67. The van der Waals surface area contributed by atoms with Gasteiger partial charge in [0.05, 0.1) is 10.7 Å². The van der Waals surface area contributed by atoms with Gasteiger partial charge in [-0.25, -0.2) is 0 Å². The topological polar surface area (TPSA) is 18.5 Å². The summed E-state index contributed by atoms with van der Waals surface area (Å²) in [5.74, 6) is 0. The van der Waals surface area contributed by atoms with E-state index in [0.717, 1.165) is 18.1 Å². The van der Waals surface area contributed by atoms with Crippen molar-refractivity contribution in [2.75, 3.05) is 39.1 Å². The highest BCUT2D eigenvalue weighted by Gasteiger charge is 2.23. The molecule has 0 aromatic heterocycles. The lowest BCUT2D eigenvalue weighted by molar-refractivity contribution is 0.258. The Labute approximate surface area is 127 Å². The molecule has 0 aliphatic carbocycles. The van der Waals surface area contributed by atoms with Crippen LogP contribution < -0.4 is 10.2 Å². The number of hydrogen-bond acceptors (Lipinski definition) is 3. The van der Waals surface area contributed by atoms with E-state index in [9.17, 15) is 0 Å². The molecule has 112 valence electrons. The van der Waals surface area contributed by atoms with Crippen LogP contribution in [0.25, 0.3) is 0 Å². The Kier molecular flexibility index (Phi) is 5.30. The highest BCUT2D eigenvalue weighted by molar-refractivity contribution is 6.33. The van der Waals surface area contributed by atoms with Gasteiger partial charge in [0.25, 0.3) is 0 Å². The first kappa shape index (κ1) is 15.6. The number of nitrogens with one attached hydrogen (secondary N) is 1. The normalized spacial score (nSPS) is 21.3. The molecule has 2 unspecified atom stereocenters.